The molecule has 32 heavy (non-hydrogen) atoms. The first-order chi connectivity index (χ1) is 15.5. The standard InChI is InChI=1S/C21H17Cl2N5O3S/c1-2-31-14-6-4-13(5-7-14)25-18(29)11-32-21-26-19-15(10-24-27-19)20(30)28(21)17-8-3-12(22)9-16(17)23/h3-10H,2,11H2,1H3,(H,24,27)(H,25,29). The van der Waals surface area contributed by atoms with E-state index < -0.39 is 0 Å². The minimum Gasteiger partial charge on any atom is -0.494 e. The molecule has 0 atom stereocenters. The fraction of sp³-hybridized carbons (Fsp3) is 0.143. The molecule has 0 aliphatic rings. The Balaban J connectivity index is 1.59. The molecule has 0 aliphatic carbocycles. The number of thioether (sulfide) groups is 1. The molecule has 0 spiro atoms. The summed E-state index contributed by atoms with van der Waals surface area (Å²) in [5.41, 5.74) is 1.01. The Bertz CT molecular complexity index is 1340. The molecule has 11 heteroatoms. The maximum atomic E-state index is 13.1. The normalized spacial score (nSPS) is 11.0. The Hall–Kier alpha value is -3.01. The minimum atomic E-state index is -0.359. The molecule has 0 unspecified atom stereocenters. The van der Waals surface area contributed by atoms with Crippen molar-refractivity contribution >= 4 is 57.6 Å². The zero-order valence-corrected chi connectivity index (χ0v) is 19.1. The van der Waals surface area contributed by atoms with Gasteiger partial charge in [0.15, 0.2) is 10.8 Å². The Labute approximate surface area is 196 Å². The number of hydrogen-bond acceptors (Lipinski definition) is 6. The molecular formula is C21H17Cl2N5O3S. The number of nitrogens with zero attached hydrogens (tertiary/aromatic N) is 3. The largest absolute Gasteiger partial charge is 0.494 e. The minimum absolute atomic E-state index is 0.0184. The van der Waals surface area contributed by atoms with Gasteiger partial charge in [0.05, 0.1) is 29.3 Å². The van der Waals surface area contributed by atoms with Gasteiger partial charge in [-0.1, -0.05) is 35.0 Å². The van der Waals surface area contributed by atoms with Gasteiger partial charge in [0.2, 0.25) is 5.91 Å². The van der Waals surface area contributed by atoms with E-state index in [1.807, 2.05) is 6.92 Å². The fourth-order valence-electron chi connectivity index (χ4n) is 2.97. The first kappa shape index (κ1) is 22.2. The number of carbonyl (C=O) groups excluding carboxylic acids is 1. The van der Waals surface area contributed by atoms with Crippen LogP contribution >= 0.6 is 35.0 Å². The van der Waals surface area contributed by atoms with Crippen LogP contribution in [-0.4, -0.2) is 38.0 Å². The molecule has 0 saturated heterocycles. The van der Waals surface area contributed by atoms with Crippen molar-refractivity contribution in [1.29, 1.82) is 0 Å². The third-order valence-corrected chi connectivity index (χ3v) is 5.86. The van der Waals surface area contributed by atoms with Crippen LogP contribution in [0.1, 0.15) is 6.92 Å². The highest BCUT2D eigenvalue weighted by Crippen LogP contribution is 2.28. The van der Waals surface area contributed by atoms with Crippen LogP contribution in [0.25, 0.3) is 16.7 Å². The van der Waals surface area contributed by atoms with E-state index in [-0.39, 0.29) is 27.4 Å². The molecular weight excluding hydrogens is 473 g/mol. The van der Waals surface area contributed by atoms with Gasteiger partial charge in [-0.2, -0.15) is 5.10 Å². The van der Waals surface area contributed by atoms with Gasteiger partial charge in [0.1, 0.15) is 11.1 Å². The smallest absolute Gasteiger partial charge is 0.269 e. The number of carbonyl (C=O) groups is 1. The molecule has 4 aromatic rings. The van der Waals surface area contributed by atoms with Crippen molar-refractivity contribution in [3.8, 4) is 11.4 Å². The van der Waals surface area contributed by atoms with Crippen LogP contribution in [0.3, 0.4) is 0 Å². The van der Waals surface area contributed by atoms with Crippen LogP contribution in [0.2, 0.25) is 10.0 Å². The van der Waals surface area contributed by atoms with Gasteiger partial charge < -0.3 is 10.1 Å². The summed E-state index contributed by atoms with van der Waals surface area (Å²) >= 11 is 13.4. The summed E-state index contributed by atoms with van der Waals surface area (Å²) in [6, 6.07) is 11.9. The number of aromatic nitrogens is 4. The Morgan fingerprint density at radius 2 is 2.00 bits per heavy atom. The second-order valence-electron chi connectivity index (χ2n) is 6.56. The number of benzene rings is 2. The van der Waals surface area contributed by atoms with Crippen LogP contribution < -0.4 is 15.6 Å². The number of aromatic amines is 1. The zero-order chi connectivity index (χ0) is 22.7. The second-order valence-corrected chi connectivity index (χ2v) is 8.34. The number of amides is 1. The predicted octanol–water partition coefficient (Wildman–Crippen LogP) is 4.55. The molecule has 164 valence electrons. The lowest BCUT2D eigenvalue weighted by Gasteiger charge is -2.13. The summed E-state index contributed by atoms with van der Waals surface area (Å²) in [6.45, 7) is 2.47. The SMILES string of the molecule is CCOc1ccc(NC(=O)CSc2nc3[nH]ncc3c(=O)n2-c2ccc(Cl)cc2Cl)cc1. The number of ether oxygens (including phenoxy) is 1. The molecule has 0 aliphatic heterocycles. The average molecular weight is 490 g/mol. The molecule has 0 saturated carbocycles. The monoisotopic (exact) mass is 489 g/mol. The van der Waals surface area contributed by atoms with Gasteiger partial charge >= 0.3 is 0 Å². The summed E-state index contributed by atoms with van der Waals surface area (Å²) in [5, 5.41) is 10.7. The highest BCUT2D eigenvalue weighted by molar-refractivity contribution is 7.99. The molecule has 4 rings (SSSR count). The molecule has 2 heterocycles. The highest BCUT2D eigenvalue weighted by Gasteiger charge is 2.18. The van der Waals surface area contributed by atoms with Crippen LogP contribution in [0, 0.1) is 0 Å². The maximum Gasteiger partial charge on any atom is 0.269 e. The summed E-state index contributed by atoms with van der Waals surface area (Å²) in [4.78, 5) is 30.1. The van der Waals surface area contributed by atoms with Gasteiger partial charge in [-0.25, -0.2) is 4.98 Å². The lowest BCUT2D eigenvalue weighted by atomic mass is 10.3. The molecule has 0 radical (unpaired) electrons. The number of halogens is 2. The van der Waals surface area contributed by atoms with Gasteiger partial charge in [0.25, 0.3) is 5.56 Å². The summed E-state index contributed by atoms with van der Waals surface area (Å²) in [7, 11) is 0. The van der Waals surface area contributed by atoms with E-state index in [0.29, 0.717) is 34.0 Å². The molecule has 0 bridgehead atoms. The van der Waals surface area contributed by atoms with Crippen molar-refractivity contribution in [2.75, 3.05) is 17.7 Å². The topological polar surface area (TPSA) is 102 Å². The average Bonchev–Trinajstić information content (AvgIpc) is 3.24. The fourth-order valence-corrected chi connectivity index (χ4v) is 4.27. The van der Waals surface area contributed by atoms with Crippen molar-refractivity contribution in [2.24, 2.45) is 0 Å². The lowest BCUT2D eigenvalue weighted by Crippen LogP contribution is -2.23. The van der Waals surface area contributed by atoms with Crippen LogP contribution in [0.4, 0.5) is 5.69 Å². The first-order valence-electron chi connectivity index (χ1n) is 9.53. The van der Waals surface area contributed by atoms with E-state index in [9.17, 15) is 9.59 Å². The Morgan fingerprint density at radius 3 is 2.72 bits per heavy atom. The molecule has 2 aromatic heterocycles. The number of fused-ring (bicyclic) bond motifs is 1. The van der Waals surface area contributed by atoms with Crippen molar-refractivity contribution in [1.82, 2.24) is 19.7 Å². The van der Waals surface area contributed by atoms with E-state index in [2.05, 4.69) is 20.5 Å². The zero-order valence-electron chi connectivity index (χ0n) is 16.8. The van der Waals surface area contributed by atoms with Crippen LogP contribution in [0.15, 0.2) is 58.6 Å². The van der Waals surface area contributed by atoms with E-state index in [0.717, 1.165) is 17.5 Å². The number of nitrogens with one attached hydrogen (secondary N) is 2. The number of hydrogen-bond donors (Lipinski definition) is 2. The molecule has 2 N–H and O–H groups in total. The molecule has 0 fully saturated rings. The van der Waals surface area contributed by atoms with Gasteiger partial charge in [-0.3, -0.25) is 19.3 Å². The van der Waals surface area contributed by atoms with Crippen molar-refractivity contribution < 1.29 is 9.53 Å². The second kappa shape index (κ2) is 9.64. The highest BCUT2D eigenvalue weighted by atomic mass is 35.5. The van der Waals surface area contributed by atoms with E-state index in [1.165, 1.54) is 16.8 Å². The Morgan fingerprint density at radius 1 is 1.22 bits per heavy atom. The lowest BCUT2D eigenvalue weighted by molar-refractivity contribution is -0.113. The summed E-state index contributed by atoms with van der Waals surface area (Å²) in [5.74, 6) is 0.484. The van der Waals surface area contributed by atoms with Crippen LogP contribution in [-0.2, 0) is 4.79 Å². The Kier molecular flexibility index (Phi) is 6.69. The molecule has 1 amide bonds. The van der Waals surface area contributed by atoms with Crippen molar-refractivity contribution in [2.45, 2.75) is 12.1 Å². The number of rotatable bonds is 7. The quantitative estimate of drug-likeness (QED) is 0.291. The van der Waals surface area contributed by atoms with E-state index in [4.69, 9.17) is 27.9 Å². The maximum absolute atomic E-state index is 13.1. The first-order valence-corrected chi connectivity index (χ1v) is 11.3. The number of anilines is 1. The summed E-state index contributed by atoms with van der Waals surface area (Å²) in [6.07, 6.45) is 1.40. The van der Waals surface area contributed by atoms with Crippen molar-refractivity contribution in [3.63, 3.8) is 0 Å². The number of H-pyrrole nitrogens is 1. The third kappa shape index (κ3) is 4.74. The van der Waals surface area contributed by atoms with E-state index in [1.54, 1.807) is 36.4 Å². The van der Waals surface area contributed by atoms with Crippen molar-refractivity contribution in [3.05, 3.63) is 69.1 Å². The predicted molar refractivity (Wildman–Crippen MR) is 126 cm³/mol. The van der Waals surface area contributed by atoms with Gasteiger partial charge in [-0.05, 0) is 49.4 Å². The van der Waals surface area contributed by atoms with Gasteiger partial charge in [-0.15, -0.1) is 0 Å². The van der Waals surface area contributed by atoms with E-state index >= 15 is 0 Å². The molecule has 8 nitrogen and oxygen atoms in total. The third-order valence-electron chi connectivity index (χ3n) is 4.38. The summed E-state index contributed by atoms with van der Waals surface area (Å²) < 4.78 is 6.75. The molecule has 2 aromatic carbocycles. The van der Waals surface area contributed by atoms with Crippen LogP contribution in [0.5, 0.6) is 5.75 Å². The van der Waals surface area contributed by atoms with Gasteiger partial charge in [0, 0.05) is 10.7 Å².